The van der Waals surface area contributed by atoms with E-state index in [1.54, 1.807) is 12.3 Å². The van der Waals surface area contributed by atoms with Gasteiger partial charge in [-0.3, -0.25) is 14.6 Å². The molecule has 0 radical (unpaired) electrons. The average Bonchev–Trinajstić information content (AvgIpc) is 2.74. The largest absolute Gasteiger partial charge is 0.298 e. The van der Waals surface area contributed by atoms with Gasteiger partial charge in [-0.05, 0) is 68.2 Å². The zero-order chi connectivity index (χ0) is 17.4. The minimum Gasteiger partial charge on any atom is -0.298 e. The van der Waals surface area contributed by atoms with Crippen LogP contribution in [0.3, 0.4) is 0 Å². The van der Waals surface area contributed by atoms with Crippen molar-refractivity contribution in [2.75, 3.05) is 0 Å². The first kappa shape index (κ1) is 16.3. The van der Waals surface area contributed by atoms with E-state index in [0.717, 1.165) is 33.5 Å². The fourth-order valence-corrected chi connectivity index (χ4v) is 3.59. The van der Waals surface area contributed by atoms with Crippen molar-refractivity contribution in [2.45, 2.75) is 40.0 Å². The molecule has 0 saturated heterocycles. The highest BCUT2D eigenvalue weighted by molar-refractivity contribution is 6.24. The first-order valence-electron chi connectivity index (χ1n) is 8.14. The van der Waals surface area contributed by atoms with E-state index in [1.165, 1.54) is 0 Å². The van der Waals surface area contributed by atoms with Crippen molar-refractivity contribution in [1.82, 2.24) is 4.98 Å². The summed E-state index contributed by atoms with van der Waals surface area (Å²) in [5, 5.41) is 0. The van der Waals surface area contributed by atoms with Crippen LogP contribution in [0.1, 0.15) is 45.8 Å². The first-order chi connectivity index (χ1) is 11.4. The van der Waals surface area contributed by atoms with E-state index >= 15 is 0 Å². The molecule has 1 atom stereocenters. The highest BCUT2D eigenvalue weighted by atomic mass is 16.2. The molecule has 122 valence electrons. The molecular weight excluding hydrogens is 298 g/mol. The summed E-state index contributed by atoms with van der Waals surface area (Å²) in [7, 11) is 0. The predicted molar refractivity (Wildman–Crippen MR) is 95.0 cm³/mol. The molecule has 0 amide bonds. The molecule has 0 bridgehead atoms. The minimum atomic E-state index is -0.665. The number of carbonyl (C=O) groups excluding carboxylic acids is 2. The van der Waals surface area contributed by atoms with Gasteiger partial charge in [0.2, 0.25) is 0 Å². The molecule has 1 heterocycles. The smallest absolute Gasteiger partial charge is 0.174 e. The van der Waals surface area contributed by atoms with Gasteiger partial charge in [0, 0.05) is 18.2 Å². The number of ketones is 2. The van der Waals surface area contributed by atoms with Crippen LogP contribution >= 0.6 is 0 Å². The lowest BCUT2D eigenvalue weighted by atomic mass is 9.87. The quantitative estimate of drug-likeness (QED) is 0.620. The Kier molecular flexibility index (Phi) is 4.18. The summed E-state index contributed by atoms with van der Waals surface area (Å²) in [6, 6.07) is 7.89. The topological polar surface area (TPSA) is 47.0 Å². The van der Waals surface area contributed by atoms with Gasteiger partial charge < -0.3 is 0 Å². The molecule has 0 spiro atoms. The Morgan fingerprint density at radius 2 is 1.67 bits per heavy atom. The van der Waals surface area contributed by atoms with Crippen LogP contribution in [0.2, 0.25) is 0 Å². The summed E-state index contributed by atoms with van der Waals surface area (Å²) in [6.07, 6.45) is 3.66. The number of Topliss-reactive ketones (excluding diaryl/α,β-unsaturated/α-hetero) is 2. The van der Waals surface area contributed by atoms with Gasteiger partial charge in [0.15, 0.2) is 11.6 Å². The van der Waals surface area contributed by atoms with E-state index in [-0.39, 0.29) is 18.0 Å². The monoisotopic (exact) mass is 319 g/mol. The molecule has 1 aliphatic rings. The SMILES string of the molecule is Cc1ccnc(/C=C2\CC(=O)C(c3c(C)cc(C)cc3C)C2=O)c1. The number of nitrogens with zero attached hydrogens (tertiary/aromatic N) is 1. The molecule has 2 aromatic rings. The second-order valence-corrected chi connectivity index (χ2v) is 6.68. The number of hydrogen-bond acceptors (Lipinski definition) is 3. The van der Waals surface area contributed by atoms with Gasteiger partial charge >= 0.3 is 0 Å². The summed E-state index contributed by atoms with van der Waals surface area (Å²) >= 11 is 0. The number of rotatable bonds is 2. The molecule has 3 nitrogen and oxygen atoms in total. The summed E-state index contributed by atoms with van der Waals surface area (Å²) in [5.41, 5.74) is 6.40. The van der Waals surface area contributed by atoms with E-state index in [0.29, 0.717) is 5.57 Å². The second-order valence-electron chi connectivity index (χ2n) is 6.68. The van der Waals surface area contributed by atoms with Crippen LogP contribution in [-0.4, -0.2) is 16.6 Å². The molecule has 3 rings (SSSR count). The van der Waals surface area contributed by atoms with Crippen molar-refractivity contribution in [1.29, 1.82) is 0 Å². The van der Waals surface area contributed by atoms with Crippen molar-refractivity contribution >= 4 is 17.6 Å². The van der Waals surface area contributed by atoms with Gasteiger partial charge in [-0.15, -0.1) is 0 Å². The lowest BCUT2D eigenvalue weighted by Crippen LogP contribution is -2.15. The Balaban J connectivity index is 2.02. The van der Waals surface area contributed by atoms with E-state index in [2.05, 4.69) is 4.98 Å². The van der Waals surface area contributed by atoms with Crippen LogP contribution in [0.5, 0.6) is 0 Å². The number of carbonyl (C=O) groups is 2. The molecule has 1 aromatic heterocycles. The highest BCUT2D eigenvalue weighted by Crippen LogP contribution is 2.36. The maximum absolute atomic E-state index is 12.9. The predicted octanol–water partition coefficient (Wildman–Crippen LogP) is 4.02. The van der Waals surface area contributed by atoms with Crippen molar-refractivity contribution < 1.29 is 9.59 Å². The van der Waals surface area contributed by atoms with Crippen molar-refractivity contribution in [3.05, 3.63) is 69.5 Å². The molecule has 1 unspecified atom stereocenters. The van der Waals surface area contributed by atoms with Crippen LogP contribution in [0.25, 0.3) is 6.08 Å². The van der Waals surface area contributed by atoms with Gasteiger partial charge in [0.05, 0.1) is 5.69 Å². The van der Waals surface area contributed by atoms with Crippen molar-refractivity contribution in [2.24, 2.45) is 0 Å². The molecule has 3 heteroatoms. The third-order valence-electron chi connectivity index (χ3n) is 4.55. The van der Waals surface area contributed by atoms with Crippen LogP contribution in [-0.2, 0) is 9.59 Å². The van der Waals surface area contributed by atoms with Crippen LogP contribution in [0, 0.1) is 27.7 Å². The number of allylic oxidation sites excluding steroid dienone is 1. The van der Waals surface area contributed by atoms with E-state index in [9.17, 15) is 9.59 Å². The van der Waals surface area contributed by atoms with Gasteiger partial charge in [0.1, 0.15) is 5.92 Å². The van der Waals surface area contributed by atoms with Crippen LogP contribution < -0.4 is 0 Å². The first-order valence-corrected chi connectivity index (χ1v) is 8.14. The summed E-state index contributed by atoms with van der Waals surface area (Å²) in [4.78, 5) is 29.7. The van der Waals surface area contributed by atoms with E-state index in [4.69, 9.17) is 0 Å². The second kappa shape index (κ2) is 6.16. The Morgan fingerprint density at radius 3 is 2.29 bits per heavy atom. The number of pyridine rings is 1. The normalized spacial score (nSPS) is 19.3. The van der Waals surface area contributed by atoms with Gasteiger partial charge in [-0.2, -0.15) is 0 Å². The summed E-state index contributed by atoms with van der Waals surface area (Å²) in [5.74, 6) is -0.769. The number of aromatic nitrogens is 1. The number of benzene rings is 1. The maximum Gasteiger partial charge on any atom is 0.174 e. The Hall–Kier alpha value is -2.55. The third-order valence-corrected chi connectivity index (χ3v) is 4.55. The molecular formula is C21H21NO2. The molecule has 1 aromatic carbocycles. The molecule has 1 saturated carbocycles. The summed E-state index contributed by atoms with van der Waals surface area (Å²) < 4.78 is 0. The van der Waals surface area contributed by atoms with E-state index in [1.807, 2.05) is 52.0 Å². The molecule has 1 fully saturated rings. The zero-order valence-corrected chi connectivity index (χ0v) is 14.5. The van der Waals surface area contributed by atoms with Crippen molar-refractivity contribution in [3.63, 3.8) is 0 Å². The Labute approximate surface area is 142 Å². The van der Waals surface area contributed by atoms with Crippen LogP contribution in [0.15, 0.2) is 36.0 Å². The molecule has 24 heavy (non-hydrogen) atoms. The Morgan fingerprint density at radius 1 is 1.00 bits per heavy atom. The van der Waals surface area contributed by atoms with Gasteiger partial charge in [-0.1, -0.05) is 17.7 Å². The van der Waals surface area contributed by atoms with Gasteiger partial charge in [0.25, 0.3) is 0 Å². The Bertz CT molecular complexity index is 854. The fraction of sp³-hybridized carbons (Fsp3) is 0.286. The zero-order valence-electron chi connectivity index (χ0n) is 14.5. The van der Waals surface area contributed by atoms with Crippen LogP contribution in [0.4, 0.5) is 0 Å². The minimum absolute atomic E-state index is 0.0195. The van der Waals surface area contributed by atoms with Crippen molar-refractivity contribution in [3.8, 4) is 0 Å². The standard InChI is InChI=1S/C21H21NO2/c1-12-5-6-22-17(9-12)10-16-11-18(23)20(21(16)24)19-14(3)7-13(2)8-15(19)4/h5-10,20H,11H2,1-4H3/b16-10+. The lowest BCUT2D eigenvalue weighted by molar-refractivity contribution is -0.123. The summed E-state index contributed by atoms with van der Waals surface area (Å²) in [6.45, 7) is 7.95. The third kappa shape index (κ3) is 2.94. The highest BCUT2D eigenvalue weighted by Gasteiger charge is 2.39. The maximum atomic E-state index is 12.9. The molecule has 0 N–H and O–H groups in total. The fourth-order valence-electron chi connectivity index (χ4n) is 3.59. The number of aryl methyl sites for hydroxylation is 4. The lowest BCUT2D eigenvalue weighted by Gasteiger charge is -2.15. The number of hydrogen-bond donors (Lipinski definition) is 0. The molecule has 0 aliphatic heterocycles. The van der Waals surface area contributed by atoms with E-state index < -0.39 is 5.92 Å². The molecule has 1 aliphatic carbocycles. The van der Waals surface area contributed by atoms with Gasteiger partial charge in [-0.25, -0.2) is 0 Å². The average molecular weight is 319 g/mol.